The number of hydrogen-bond donors (Lipinski definition) is 2. The number of rotatable bonds is 11. The number of nitrogens with zero attached hydrogens (tertiary/aromatic N) is 3. The molecule has 2 unspecified atom stereocenters. The normalized spacial score (nSPS) is 22.3. The number of carbonyl (C=O) groups excluding carboxylic acids is 1. The fourth-order valence-corrected chi connectivity index (χ4v) is 4.65. The van der Waals surface area contributed by atoms with Crippen LogP contribution >= 0.6 is 8.53 Å². The fraction of sp³-hybridized carbons (Fsp3) is 0.458. The summed E-state index contributed by atoms with van der Waals surface area (Å²) in [5.74, 6) is 0.588. The molecule has 2 heterocycles. The van der Waals surface area contributed by atoms with Crippen molar-refractivity contribution in [3.8, 4) is 5.75 Å². The summed E-state index contributed by atoms with van der Waals surface area (Å²) in [5.41, 5.74) is 5.62. The second-order valence-corrected chi connectivity index (χ2v) is 9.99. The van der Waals surface area contributed by atoms with E-state index >= 15 is 0 Å². The highest BCUT2D eigenvalue weighted by molar-refractivity contribution is 7.45. The van der Waals surface area contributed by atoms with Gasteiger partial charge in [-0.05, 0) is 58.7 Å². The predicted molar refractivity (Wildman–Crippen MR) is 137 cm³/mol. The molecule has 0 aliphatic carbocycles. The Bertz CT molecular complexity index is 966. The summed E-state index contributed by atoms with van der Waals surface area (Å²) in [6, 6.07) is 9.29. The zero-order valence-corrected chi connectivity index (χ0v) is 21.5. The van der Waals surface area contributed by atoms with Crippen LogP contribution in [0.5, 0.6) is 5.75 Å². The Hall–Kier alpha value is -2.78. The monoisotopic (exact) mass is 503 g/mol. The van der Waals surface area contributed by atoms with E-state index in [9.17, 15) is 4.79 Å². The van der Waals surface area contributed by atoms with Crippen LogP contribution in [0.2, 0.25) is 0 Å². The van der Waals surface area contributed by atoms with Crippen LogP contribution in [0, 0.1) is 0 Å². The van der Waals surface area contributed by atoms with E-state index in [2.05, 4.69) is 21.8 Å². The van der Waals surface area contributed by atoms with Crippen molar-refractivity contribution in [1.82, 2.24) is 10.1 Å². The number of hydrazone groups is 1. The van der Waals surface area contributed by atoms with Crippen molar-refractivity contribution in [2.75, 3.05) is 6.61 Å². The van der Waals surface area contributed by atoms with Gasteiger partial charge in [-0.3, -0.25) is 4.79 Å². The molecule has 0 saturated carbocycles. The van der Waals surface area contributed by atoms with Crippen molar-refractivity contribution in [2.24, 2.45) is 15.8 Å². The lowest BCUT2D eigenvalue weighted by atomic mass is 10.1. The van der Waals surface area contributed by atoms with E-state index in [1.54, 1.807) is 31.0 Å². The molecule has 0 bridgehead atoms. The van der Waals surface area contributed by atoms with E-state index in [-0.39, 0.29) is 31.0 Å². The Kier molecular flexibility index (Phi) is 9.40. The maximum absolute atomic E-state index is 12.6. The van der Waals surface area contributed by atoms with Crippen LogP contribution in [0.3, 0.4) is 0 Å². The topological polar surface area (TPSA) is 120 Å². The summed E-state index contributed by atoms with van der Waals surface area (Å²) >= 11 is 0. The van der Waals surface area contributed by atoms with Gasteiger partial charge in [0.1, 0.15) is 23.3 Å². The lowest BCUT2D eigenvalue weighted by Crippen LogP contribution is -2.46. The summed E-state index contributed by atoms with van der Waals surface area (Å²) < 4.78 is 23.7. The minimum atomic E-state index is -1.69. The smallest absolute Gasteiger partial charge is 0.326 e. The predicted octanol–water partition coefficient (Wildman–Crippen LogP) is 3.82. The quantitative estimate of drug-likeness (QED) is 0.346. The molecule has 1 fully saturated rings. The number of para-hydroxylation sites is 1. The van der Waals surface area contributed by atoms with Gasteiger partial charge in [0, 0.05) is 0 Å². The van der Waals surface area contributed by atoms with Crippen LogP contribution in [0.15, 0.2) is 64.9 Å². The van der Waals surface area contributed by atoms with Crippen LogP contribution in [-0.4, -0.2) is 53.7 Å². The number of hydrogen-bond acceptors (Lipinski definition) is 10. The first-order valence-electron chi connectivity index (χ1n) is 11.5. The first-order valence-corrected chi connectivity index (χ1v) is 12.7. The molecule has 0 aromatic heterocycles. The van der Waals surface area contributed by atoms with E-state index in [0.717, 1.165) is 12.8 Å². The van der Waals surface area contributed by atoms with Crippen LogP contribution in [0.4, 0.5) is 0 Å². The third-order valence-electron chi connectivity index (χ3n) is 5.05. The third-order valence-corrected chi connectivity index (χ3v) is 6.55. The molecular formula is C24H34N5O5P. The van der Waals surface area contributed by atoms with Gasteiger partial charge in [0.05, 0.1) is 18.8 Å². The summed E-state index contributed by atoms with van der Waals surface area (Å²) in [7, 11) is -1.69. The number of allylic oxidation sites excluding steroid dienone is 2. The lowest BCUT2D eigenvalue weighted by Gasteiger charge is -2.30. The van der Waals surface area contributed by atoms with E-state index in [0.29, 0.717) is 17.3 Å². The molecule has 3 atom stereocenters. The number of esters is 1. The Balaban J connectivity index is 1.63. The molecule has 1 saturated heterocycles. The molecule has 2 aliphatic heterocycles. The molecule has 10 nitrogen and oxygen atoms in total. The van der Waals surface area contributed by atoms with Crippen LogP contribution in [0.1, 0.15) is 40.5 Å². The highest BCUT2D eigenvalue weighted by Gasteiger charge is 2.37. The first-order chi connectivity index (χ1) is 16.7. The number of benzene rings is 1. The number of aliphatic imine (C=N–C) groups is 1. The van der Waals surface area contributed by atoms with E-state index < -0.39 is 14.1 Å². The molecule has 3 N–H and O–H groups in total. The lowest BCUT2D eigenvalue weighted by molar-refractivity contribution is -0.153. The average Bonchev–Trinajstić information content (AvgIpc) is 3.28. The summed E-state index contributed by atoms with van der Waals surface area (Å²) in [6.45, 7) is 11.1. The van der Waals surface area contributed by atoms with Crippen LogP contribution < -0.4 is 15.3 Å². The number of nitrogens with one attached hydrogen (secondary N) is 1. The zero-order chi connectivity index (χ0) is 25.4. The standard InChI is InChI=1S/C24H34N5O5P/c1-6-10-20-22(25)26-16-27-29(20)21-14-13-19(33-21)15-31-35(34-18-11-8-7-9-12-18)28-24(4,5)23(30)32-17(2)3/h6-12,16-17,19,21,28H,1,13-15H2,2-5H3,(H2,25,26,27)/b20-10-/t19?,21-,35?/m1/s1. The summed E-state index contributed by atoms with van der Waals surface area (Å²) in [5, 5.41) is 9.20. The molecule has 11 heteroatoms. The van der Waals surface area contributed by atoms with Crippen LogP contribution in [-0.2, 0) is 18.8 Å². The van der Waals surface area contributed by atoms with Gasteiger partial charge in [0.2, 0.25) is 0 Å². The molecule has 190 valence electrons. The Morgan fingerprint density at radius 3 is 2.80 bits per heavy atom. The highest BCUT2D eigenvalue weighted by Crippen LogP contribution is 2.39. The van der Waals surface area contributed by atoms with Gasteiger partial charge in [-0.1, -0.05) is 30.9 Å². The van der Waals surface area contributed by atoms with E-state index in [4.69, 9.17) is 24.3 Å². The van der Waals surface area contributed by atoms with Crippen LogP contribution in [0.25, 0.3) is 0 Å². The zero-order valence-electron chi connectivity index (χ0n) is 20.6. The van der Waals surface area contributed by atoms with Gasteiger partial charge >= 0.3 is 14.5 Å². The van der Waals surface area contributed by atoms with Crippen molar-refractivity contribution >= 4 is 26.7 Å². The van der Waals surface area contributed by atoms with Gasteiger partial charge in [-0.15, -0.1) is 0 Å². The number of amidine groups is 1. The maximum Gasteiger partial charge on any atom is 0.326 e. The van der Waals surface area contributed by atoms with Gasteiger partial charge in [-0.25, -0.2) is 15.1 Å². The first kappa shape index (κ1) is 26.8. The molecule has 3 rings (SSSR count). The van der Waals surface area contributed by atoms with Gasteiger partial charge in [0.25, 0.3) is 0 Å². The molecule has 0 spiro atoms. The average molecular weight is 504 g/mol. The van der Waals surface area contributed by atoms with Gasteiger partial charge < -0.3 is 24.3 Å². The van der Waals surface area contributed by atoms with Gasteiger partial charge in [-0.2, -0.15) is 5.10 Å². The number of carbonyl (C=O) groups is 1. The molecule has 1 aromatic carbocycles. The number of ether oxygens (including phenoxy) is 2. The number of nitrogens with two attached hydrogens (primary N) is 1. The maximum atomic E-state index is 12.6. The van der Waals surface area contributed by atoms with Crippen molar-refractivity contribution in [2.45, 2.75) is 64.5 Å². The second-order valence-electron chi connectivity index (χ2n) is 8.82. The van der Waals surface area contributed by atoms with Crippen molar-refractivity contribution in [3.05, 3.63) is 54.8 Å². The molecule has 0 radical (unpaired) electrons. The largest absolute Gasteiger partial charge is 0.462 e. The third kappa shape index (κ3) is 7.60. The molecule has 2 aliphatic rings. The van der Waals surface area contributed by atoms with E-state index in [1.807, 2.05) is 44.2 Å². The van der Waals surface area contributed by atoms with Gasteiger partial charge in [0.15, 0.2) is 12.1 Å². The summed E-state index contributed by atoms with van der Waals surface area (Å²) in [6.07, 6.45) is 5.52. The Morgan fingerprint density at radius 2 is 2.11 bits per heavy atom. The molecule has 0 amide bonds. The fourth-order valence-electron chi connectivity index (χ4n) is 3.33. The van der Waals surface area contributed by atoms with E-state index in [1.165, 1.54) is 6.34 Å². The second kappa shape index (κ2) is 12.3. The van der Waals surface area contributed by atoms with Crippen molar-refractivity contribution < 1.29 is 23.3 Å². The molecule has 35 heavy (non-hydrogen) atoms. The molecular weight excluding hydrogens is 469 g/mol. The SMILES string of the molecule is C=C/C=C1/C(N)=NC=NN1[C@H]1CCC(COP(NC(C)(C)C(=O)OC(C)C)Oc2ccccc2)O1. The molecule has 1 aromatic rings. The van der Waals surface area contributed by atoms with Crippen molar-refractivity contribution in [1.29, 1.82) is 0 Å². The highest BCUT2D eigenvalue weighted by atomic mass is 31.2. The van der Waals surface area contributed by atoms with Crippen molar-refractivity contribution in [3.63, 3.8) is 0 Å². The minimum absolute atomic E-state index is 0.197. The summed E-state index contributed by atoms with van der Waals surface area (Å²) in [4.78, 5) is 16.6. The Labute approximate surface area is 207 Å². The Morgan fingerprint density at radius 1 is 1.37 bits per heavy atom. The minimum Gasteiger partial charge on any atom is -0.462 e.